The number of aromatic nitrogens is 2. The second-order valence-corrected chi connectivity index (χ2v) is 6.81. The molecular formula is C21H22FN5O3. The maximum atomic E-state index is 13.1. The van der Waals surface area contributed by atoms with Gasteiger partial charge in [0, 0.05) is 30.3 Å². The summed E-state index contributed by atoms with van der Waals surface area (Å²) in [6.07, 6.45) is 1.83. The van der Waals surface area contributed by atoms with Crippen molar-refractivity contribution in [1.29, 1.82) is 0 Å². The van der Waals surface area contributed by atoms with E-state index in [0.29, 0.717) is 5.69 Å². The van der Waals surface area contributed by atoms with Crippen LogP contribution in [-0.4, -0.2) is 27.2 Å². The third-order valence-corrected chi connectivity index (χ3v) is 4.73. The maximum Gasteiger partial charge on any atom is 0.292 e. The molecule has 0 bridgehead atoms. The number of carbonyl (C=O) groups is 1. The molecule has 0 aliphatic heterocycles. The van der Waals surface area contributed by atoms with E-state index in [0.717, 1.165) is 16.9 Å². The van der Waals surface area contributed by atoms with Crippen LogP contribution in [0.3, 0.4) is 0 Å². The molecule has 0 saturated carbocycles. The molecule has 0 saturated heterocycles. The van der Waals surface area contributed by atoms with Gasteiger partial charge in [0.15, 0.2) is 0 Å². The number of benzene rings is 2. The Morgan fingerprint density at radius 1 is 1.23 bits per heavy atom. The summed E-state index contributed by atoms with van der Waals surface area (Å²) in [6.45, 7) is 3.99. The fraction of sp³-hybridized carbons (Fsp3) is 0.238. The second-order valence-electron chi connectivity index (χ2n) is 6.81. The van der Waals surface area contributed by atoms with E-state index in [1.165, 1.54) is 18.2 Å². The van der Waals surface area contributed by atoms with Gasteiger partial charge in [0.1, 0.15) is 11.5 Å². The van der Waals surface area contributed by atoms with Crippen molar-refractivity contribution in [3.8, 4) is 5.69 Å². The van der Waals surface area contributed by atoms with Crippen molar-refractivity contribution in [2.45, 2.75) is 26.3 Å². The van der Waals surface area contributed by atoms with Crippen molar-refractivity contribution in [1.82, 2.24) is 15.1 Å². The maximum absolute atomic E-state index is 13.1. The summed E-state index contributed by atoms with van der Waals surface area (Å²) in [5, 5.41) is 21.2. The van der Waals surface area contributed by atoms with Crippen molar-refractivity contribution >= 4 is 17.3 Å². The van der Waals surface area contributed by atoms with E-state index in [2.05, 4.69) is 15.7 Å². The number of nitrogens with zero attached hydrogens (tertiary/aromatic N) is 3. The molecule has 1 unspecified atom stereocenters. The molecule has 30 heavy (non-hydrogen) atoms. The van der Waals surface area contributed by atoms with E-state index in [9.17, 15) is 19.3 Å². The van der Waals surface area contributed by atoms with Gasteiger partial charge >= 0.3 is 0 Å². The predicted molar refractivity (Wildman–Crippen MR) is 111 cm³/mol. The number of carbonyl (C=O) groups excluding carboxylic acids is 1. The summed E-state index contributed by atoms with van der Waals surface area (Å²) in [6, 6.07) is 12.0. The molecule has 1 aromatic heterocycles. The first-order chi connectivity index (χ1) is 14.4. The molecular weight excluding hydrogens is 389 g/mol. The van der Waals surface area contributed by atoms with Crippen LogP contribution in [0, 0.1) is 22.9 Å². The minimum Gasteiger partial charge on any atom is -0.379 e. The standard InChI is InChI=1S/C21H22FN5O3/c1-14(18-13-24-26(15(18)2)17-9-7-16(22)8-10-17)25-21(28)11-12-23-19-5-3-4-6-20(19)27(29)30/h3-10,13-14,23H,11-12H2,1-2H3,(H,25,28). The van der Waals surface area contributed by atoms with Crippen LogP contribution in [0.4, 0.5) is 15.8 Å². The first-order valence-electron chi connectivity index (χ1n) is 9.44. The number of nitro benzene ring substituents is 1. The Bertz CT molecular complexity index is 1050. The van der Waals surface area contributed by atoms with Crippen molar-refractivity contribution in [3.63, 3.8) is 0 Å². The second kappa shape index (κ2) is 9.17. The van der Waals surface area contributed by atoms with Gasteiger partial charge in [0.2, 0.25) is 5.91 Å². The highest BCUT2D eigenvalue weighted by atomic mass is 19.1. The number of hydrogen-bond acceptors (Lipinski definition) is 5. The lowest BCUT2D eigenvalue weighted by Gasteiger charge is -2.14. The first kappa shape index (κ1) is 21.0. The van der Waals surface area contributed by atoms with Crippen LogP contribution < -0.4 is 10.6 Å². The Labute approximate surface area is 172 Å². The highest BCUT2D eigenvalue weighted by molar-refractivity contribution is 5.77. The van der Waals surface area contributed by atoms with Crippen LogP contribution in [0.1, 0.15) is 30.6 Å². The Balaban J connectivity index is 1.57. The number of anilines is 1. The van der Waals surface area contributed by atoms with Crippen LogP contribution in [0.2, 0.25) is 0 Å². The third-order valence-electron chi connectivity index (χ3n) is 4.73. The van der Waals surface area contributed by atoms with Crippen LogP contribution >= 0.6 is 0 Å². The van der Waals surface area contributed by atoms with E-state index >= 15 is 0 Å². The van der Waals surface area contributed by atoms with Gasteiger partial charge in [-0.1, -0.05) is 12.1 Å². The Morgan fingerprint density at radius 2 is 1.93 bits per heavy atom. The zero-order chi connectivity index (χ0) is 21.7. The number of nitro groups is 1. The van der Waals surface area contributed by atoms with Crippen molar-refractivity contribution in [2.24, 2.45) is 0 Å². The molecule has 156 valence electrons. The number of halogens is 1. The van der Waals surface area contributed by atoms with Crippen LogP contribution in [0.25, 0.3) is 5.69 Å². The zero-order valence-corrected chi connectivity index (χ0v) is 16.6. The number of amides is 1. The molecule has 0 fully saturated rings. The molecule has 1 heterocycles. The van der Waals surface area contributed by atoms with Gasteiger partial charge < -0.3 is 10.6 Å². The average Bonchev–Trinajstić information content (AvgIpc) is 3.10. The number of nitrogens with one attached hydrogen (secondary N) is 2. The third kappa shape index (κ3) is 4.80. The van der Waals surface area contributed by atoms with Gasteiger partial charge in [-0.25, -0.2) is 9.07 Å². The molecule has 0 spiro atoms. The summed E-state index contributed by atoms with van der Waals surface area (Å²) in [4.78, 5) is 22.9. The van der Waals surface area contributed by atoms with Crippen LogP contribution in [0.5, 0.6) is 0 Å². The average molecular weight is 411 g/mol. The highest BCUT2D eigenvalue weighted by Gasteiger charge is 2.17. The summed E-state index contributed by atoms with van der Waals surface area (Å²) in [7, 11) is 0. The lowest BCUT2D eigenvalue weighted by atomic mass is 10.1. The van der Waals surface area contributed by atoms with Gasteiger partial charge in [-0.2, -0.15) is 5.10 Å². The predicted octanol–water partition coefficient (Wildman–Crippen LogP) is 3.91. The normalized spacial score (nSPS) is 11.7. The molecule has 9 heteroatoms. The van der Waals surface area contributed by atoms with Gasteiger partial charge in [0.25, 0.3) is 5.69 Å². The lowest BCUT2D eigenvalue weighted by molar-refractivity contribution is -0.384. The van der Waals surface area contributed by atoms with E-state index < -0.39 is 4.92 Å². The summed E-state index contributed by atoms with van der Waals surface area (Å²) >= 11 is 0. The zero-order valence-electron chi connectivity index (χ0n) is 16.6. The van der Waals surface area contributed by atoms with E-state index in [-0.39, 0.29) is 36.4 Å². The summed E-state index contributed by atoms with van der Waals surface area (Å²) in [5.74, 6) is -0.513. The molecule has 2 N–H and O–H groups in total. The smallest absolute Gasteiger partial charge is 0.292 e. The van der Waals surface area contributed by atoms with Gasteiger partial charge in [-0.05, 0) is 44.2 Å². The molecule has 3 rings (SSSR count). The molecule has 2 aromatic carbocycles. The van der Waals surface area contributed by atoms with Crippen molar-refractivity contribution in [3.05, 3.63) is 81.9 Å². The molecule has 1 amide bonds. The first-order valence-corrected chi connectivity index (χ1v) is 9.44. The minimum atomic E-state index is -0.466. The van der Waals surface area contributed by atoms with E-state index in [1.807, 2.05) is 13.8 Å². The topological polar surface area (TPSA) is 102 Å². The van der Waals surface area contributed by atoms with Gasteiger partial charge in [0.05, 0.1) is 22.8 Å². The largest absolute Gasteiger partial charge is 0.379 e. The molecule has 8 nitrogen and oxygen atoms in total. The Hall–Kier alpha value is -3.75. The summed E-state index contributed by atoms with van der Waals surface area (Å²) < 4.78 is 14.8. The van der Waals surface area contributed by atoms with Crippen molar-refractivity contribution < 1.29 is 14.1 Å². The lowest BCUT2D eigenvalue weighted by Crippen LogP contribution is -2.28. The quantitative estimate of drug-likeness (QED) is 0.432. The Morgan fingerprint density at radius 3 is 2.63 bits per heavy atom. The summed E-state index contributed by atoms with van der Waals surface area (Å²) in [5.41, 5.74) is 2.76. The molecule has 0 aliphatic carbocycles. The van der Waals surface area contributed by atoms with Gasteiger partial charge in [-0.15, -0.1) is 0 Å². The Kier molecular flexibility index (Phi) is 6.41. The van der Waals surface area contributed by atoms with Crippen LogP contribution in [-0.2, 0) is 4.79 Å². The van der Waals surface area contributed by atoms with E-state index in [1.54, 1.807) is 41.2 Å². The SMILES string of the molecule is Cc1c(C(C)NC(=O)CCNc2ccccc2[N+](=O)[O-])cnn1-c1ccc(F)cc1. The molecule has 3 aromatic rings. The van der Waals surface area contributed by atoms with E-state index in [4.69, 9.17) is 0 Å². The number of rotatable bonds is 8. The molecule has 0 radical (unpaired) electrons. The van der Waals surface area contributed by atoms with Gasteiger partial charge in [-0.3, -0.25) is 14.9 Å². The fourth-order valence-electron chi connectivity index (χ4n) is 3.17. The highest BCUT2D eigenvalue weighted by Crippen LogP contribution is 2.23. The van der Waals surface area contributed by atoms with Crippen LogP contribution in [0.15, 0.2) is 54.7 Å². The van der Waals surface area contributed by atoms with Crippen molar-refractivity contribution in [2.75, 3.05) is 11.9 Å². The molecule has 0 aliphatic rings. The fourth-order valence-corrected chi connectivity index (χ4v) is 3.17. The minimum absolute atomic E-state index is 0.0323. The monoisotopic (exact) mass is 411 g/mol. The molecule has 1 atom stereocenters. The number of para-hydroxylation sites is 2. The number of hydrogen-bond donors (Lipinski definition) is 2.